The molecule has 0 aromatic heterocycles. The van der Waals surface area contributed by atoms with E-state index in [0.29, 0.717) is 36.9 Å². The molecule has 7 nitrogen and oxygen atoms in total. The standard InChI is InChI=1S/C22H31N3O4/c1-5-29-21(26)19-18(14-25-10-12-28-13-11-25)24(4)22(27)23-20(19)17-8-6-16(7-9-17)15(2)3/h6-9,15,20H,5,10-14H2,1-4H3,(H,23,27). The third-order valence-electron chi connectivity index (χ3n) is 5.49. The number of ether oxygens (including phenoxy) is 2. The van der Waals surface area contributed by atoms with E-state index in [-0.39, 0.29) is 18.6 Å². The topological polar surface area (TPSA) is 71.1 Å². The zero-order chi connectivity index (χ0) is 21.0. The zero-order valence-corrected chi connectivity index (χ0v) is 17.7. The van der Waals surface area contributed by atoms with Crippen molar-refractivity contribution in [3.05, 3.63) is 46.7 Å². The van der Waals surface area contributed by atoms with Gasteiger partial charge in [-0.05, 0) is 24.0 Å². The Morgan fingerprint density at radius 1 is 1.24 bits per heavy atom. The van der Waals surface area contributed by atoms with E-state index in [2.05, 4.69) is 36.2 Å². The van der Waals surface area contributed by atoms with E-state index in [1.54, 1.807) is 14.0 Å². The van der Waals surface area contributed by atoms with Gasteiger partial charge in [-0.25, -0.2) is 9.59 Å². The fourth-order valence-corrected chi connectivity index (χ4v) is 3.69. The molecule has 1 aromatic rings. The highest BCUT2D eigenvalue weighted by molar-refractivity contribution is 5.95. The number of hydrogen-bond donors (Lipinski definition) is 1. The number of nitrogens with zero attached hydrogens (tertiary/aromatic N) is 2. The van der Waals surface area contributed by atoms with E-state index in [1.165, 1.54) is 10.5 Å². The van der Waals surface area contributed by atoms with Gasteiger partial charge >= 0.3 is 12.0 Å². The van der Waals surface area contributed by atoms with Crippen molar-refractivity contribution >= 4 is 12.0 Å². The van der Waals surface area contributed by atoms with Gasteiger partial charge < -0.3 is 14.8 Å². The van der Waals surface area contributed by atoms with Gasteiger partial charge in [-0.15, -0.1) is 0 Å². The van der Waals surface area contributed by atoms with Gasteiger partial charge in [0.05, 0.1) is 31.4 Å². The van der Waals surface area contributed by atoms with Crippen molar-refractivity contribution in [1.29, 1.82) is 0 Å². The maximum absolute atomic E-state index is 13.0. The Morgan fingerprint density at radius 3 is 2.48 bits per heavy atom. The van der Waals surface area contributed by atoms with Crippen LogP contribution in [0.1, 0.15) is 43.9 Å². The minimum atomic E-state index is -0.532. The molecule has 0 radical (unpaired) electrons. The summed E-state index contributed by atoms with van der Waals surface area (Å²) >= 11 is 0. The summed E-state index contributed by atoms with van der Waals surface area (Å²) in [7, 11) is 1.70. The summed E-state index contributed by atoms with van der Waals surface area (Å²) < 4.78 is 10.8. The zero-order valence-electron chi connectivity index (χ0n) is 17.7. The van der Waals surface area contributed by atoms with E-state index in [4.69, 9.17) is 9.47 Å². The third-order valence-corrected chi connectivity index (χ3v) is 5.49. The molecule has 0 spiro atoms. The Morgan fingerprint density at radius 2 is 1.90 bits per heavy atom. The highest BCUT2D eigenvalue weighted by Gasteiger charge is 2.37. The van der Waals surface area contributed by atoms with Gasteiger partial charge in [0.1, 0.15) is 0 Å². The molecule has 1 unspecified atom stereocenters. The van der Waals surface area contributed by atoms with Crippen LogP contribution < -0.4 is 5.32 Å². The Bertz CT molecular complexity index is 767. The van der Waals surface area contributed by atoms with Crippen LogP contribution in [0.2, 0.25) is 0 Å². The predicted molar refractivity (Wildman–Crippen MR) is 110 cm³/mol. The lowest BCUT2D eigenvalue weighted by Crippen LogP contribution is -2.50. The summed E-state index contributed by atoms with van der Waals surface area (Å²) in [6.07, 6.45) is 0. The summed E-state index contributed by atoms with van der Waals surface area (Å²) in [5.41, 5.74) is 3.27. The first-order valence-corrected chi connectivity index (χ1v) is 10.3. The van der Waals surface area contributed by atoms with Crippen LogP contribution in [0.15, 0.2) is 35.5 Å². The number of carbonyl (C=O) groups excluding carboxylic acids is 2. The molecule has 3 rings (SSSR count). The summed E-state index contributed by atoms with van der Waals surface area (Å²) in [6.45, 7) is 9.68. The second-order valence-electron chi connectivity index (χ2n) is 7.73. The lowest BCUT2D eigenvalue weighted by Gasteiger charge is -2.37. The Labute approximate surface area is 172 Å². The minimum Gasteiger partial charge on any atom is -0.463 e. The van der Waals surface area contributed by atoms with Crippen LogP contribution in [-0.2, 0) is 14.3 Å². The molecule has 1 saturated heterocycles. The summed E-state index contributed by atoms with van der Waals surface area (Å²) in [5, 5.41) is 2.97. The van der Waals surface area contributed by atoms with Gasteiger partial charge in [0.15, 0.2) is 0 Å². The molecule has 0 saturated carbocycles. The molecule has 1 N–H and O–H groups in total. The predicted octanol–water partition coefficient (Wildman–Crippen LogP) is 2.66. The number of nitrogens with one attached hydrogen (secondary N) is 1. The van der Waals surface area contributed by atoms with Crippen molar-refractivity contribution in [2.45, 2.75) is 32.7 Å². The van der Waals surface area contributed by atoms with E-state index < -0.39 is 6.04 Å². The molecular formula is C22H31N3O4. The Balaban J connectivity index is 2.01. The number of morpholine rings is 1. The third kappa shape index (κ3) is 4.79. The number of benzene rings is 1. The minimum absolute atomic E-state index is 0.223. The van der Waals surface area contributed by atoms with Crippen LogP contribution in [0.4, 0.5) is 4.79 Å². The molecule has 29 heavy (non-hydrogen) atoms. The van der Waals surface area contributed by atoms with Crippen LogP contribution in [-0.4, -0.2) is 68.3 Å². The van der Waals surface area contributed by atoms with Crippen LogP contribution in [0.25, 0.3) is 0 Å². The number of hydrogen-bond acceptors (Lipinski definition) is 5. The smallest absolute Gasteiger partial charge is 0.338 e. The first kappa shape index (κ1) is 21.3. The maximum Gasteiger partial charge on any atom is 0.338 e. The first-order valence-electron chi connectivity index (χ1n) is 10.3. The van der Waals surface area contributed by atoms with Crippen LogP contribution in [0, 0.1) is 0 Å². The van der Waals surface area contributed by atoms with Gasteiger partial charge in [-0.3, -0.25) is 9.80 Å². The molecule has 2 aliphatic rings. The fraction of sp³-hybridized carbons (Fsp3) is 0.545. The monoisotopic (exact) mass is 401 g/mol. The lowest BCUT2D eigenvalue weighted by atomic mass is 9.92. The van der Waals surface area contributed by atoms with E-state index in [1.807, 2.05) is 12.1 Å². The molecule has 2 heterocycles. The second-order valence-corrected chi connectivity index (χ2v) is 7.73. The highest BCUT2D eigenvalue weighted by Crippen LogP contribution is 2.32. The Hall–Kier alpha value is -2.38. The maximum atomic E-state index is 13.0. The van der Waals surface area contributed by atoms with E-state index in [9.17, 15) is 9.59 Å². The number of rotatable bonds is 6. The van der Waals surface area contributed by atoms with Crippen molar-refractivity contribution in [1.82, 2.24) is 15.1 Å². The summed E-state index contributed by atoms with van der Waals surface area (Å²) in [5.74, 6) is 0.0219. The van der Waals surface area contributed by atoms with Crippen LogP contribution in [0.5, 0.6) is 0 Å². The summed E-state index contributed by atoms with van der Waals surface area (Å²) in [6, 6.07) is 7.31. The molecule has 1 atom stereocenters. The first-order chi connectivity index (χ1) is 13.9. The number of amides is 2. The largest absolute Gasteiger partial charge is 0.463 e. The number of carbonyl (C=O) groups is 2. The van der Waals surface area contributed by atoms with Crippen molar-refractivity contribution < 1.29 is 19.1 Å². The second kappa shape index (κ2) is 9.41. The van der Waals surface area contributed by atoms with Crippen molar-refractivity contribution in [3.63, 3.8) is 0 Å². The molecule has 0 aliphatic carbocycles. The Kier molecular flexibility index (Phi) is 6.92. The molecule has 7 heteroatoms. The lowest BCUT2D eigenvalue weighted by molar-refractivity contribution is -0.139. The van der Waals surface area contributed by atoms with Crippen molar-refractivity contribution in [3.8, 4) is 0 Å². The van der Waals surface area contributed by atoms with Gasteiger partial charge in [0.2, 0.25) is 0 Å². The normalized spacial score (nSPS) is 20.8. The van der Waals surface area contributed by atoms with Gasteiger partial charge in [0, 0.05) is 32.4 Å². The molecule has 158 valence electrons. The summed E-state index contributed by atoms with van der Waals surface area (Å²) in [4.78, 5) is 29.4. The fourth-order valence-electron chi connectivity index (χ4n) is 3.69. The highest BCUT2D eigenvalue weighted by atomic mass is 16.5. The number of esters is 1. The number of likely N-dealkylation sites (N-methyl/N-ethyl adjacent to an activating group) is 1. The SMILES string of the molecule is CCOC(=O)C1=C(CN2CCOCC2)N(C)C(=O)NC1c1ccc(C(C)C)cc1. The van der Waals surface area contributed by atoms with Gasteiger partial charge in [0.25, 0.3) is 0 Å². The van der Waals surface area contributed by atoms with Crippen LogP contribution >= 0.6 is 0 Å². The quantitative estimate of drug-likeness (QED) is 0.742. The molecule has 2 aliphatic heterocycles. The molecule has 1 fully saturated rings. The van der Waals surface area contributed by atoms with Crippen molar-refractivity contribution in [2.75, 3.05) is 46.5 Å². The van der Waals surface area contributed by atoms with E-state index in [0.717, 1.165) is 18.7 Å². The average Bonchev–Trinajstić information content (AvgIpc) is 2.72. The molecule has 0 bridgehead atoms. The molecule has 2 amide bonds. The molecule has 1 aromatic carbocycles. The number of urea groups is 1. The molecular weight excluding hydrogens is 370 g/mol. The van der Waals surface area contributed by atoms with Crippen LogP contribution in [0.3, 0.4) is 0 Å². The van der Waals surface area contributed by atoms with Crippen molar-refractivity contribution in [2.24, 2.45) is 0 Å². The average molecular weight is 402 g/mol. The van der Waals surface area contributed by atoms with E-state index >= 15 is 0 Å². The van der Waals surface area contributed by atoms with Gasteiger partial charge in [-0.1, -0.05) is 38.1 Å². The van der Waals surface area contributed by atoms with Gasteiger partial charge in [-0.2, -0.15) is 0 Å².